The molecular formula is C13H18N2O3. The second-order valence-corrected chi connectivity index (χ2v) is 4.11. The lowest BCUT2D eigenvalue weighted by molar-refractivity contribution is -0.136. The van der Waals surface area contributed by atoms with Crippen molar-refractivity contribution in [3.8, 4) is 0 Å². The minimum absolute atomic E-state index is 0.126. The normalized spacial score (nSPS) is 11.9. The van der Waals surface area contributed by atoms with Crippen molar-refractivity contribution in [1.82, 2.24) is 0 Å². The van der Waals surface area contributed by atoms with Crippen molar-refractivity contribution in [2.24, 2.45) is 5.73 Å². The molecule has 0 bridgehead atoms. The van der Waals surface area contributed by atoms with Crippen molar-refractivity contribution in [3.05, 3.63) is 29.8 Å². The zero-order chi connectivity index (χ0) is 13.5. The predicted molar refractivity (Wildman–Crippen MR) is 69.3 cm³/mol. The number of amides is 1. The fourth-order valence-electron chi connectivity index (χ4n) is 1.63. The number of carboxylic acids is 1. The molecule has 0 unspecified atom stereocenters. The minimum atomic E-state index is -0.936. The molecule has 0 saturated heterocycles. The number of nitrogens with two attached hydrogens (primary N) is 1. The van der Waals surface area contributed by atoms with Gasteiger partial charge in [0.15, 0.2) is 0 Å². The molecular weight excluding hydrogens is 232 g/mol. The van der Waals surface area contributed by atoms with Crippen molar-refractivity contribution in [2.75, 3.05) is 5.32 Å². The predicted octanol–water partition coefficient (Wildman–Crippen LogP) is 1.38. The Hall–Kier alpha value is -1.88. The highest BCUT2D eigenvalue weighted by atomic mass is 16.4. The number of anilines is 1. The van der Waals surface area contributed by atoms with E-state index in [-0.39, 0.29) is 12.3 Å². The maximum Gasteiger partial charge on any atom is 0.307 e. The lowest BCUT2D eigenvalue weighted by Gasteiger charge is -2.13. The van der Waals surface area contributed by atoms with Gasteiger partial charge in [-0.25, -0.2) is 0 Å². The Morgan fingerprint density at radius 2 is 2.06 bits per heavy atom. The van der Waals surface area contributed by atoms with Gasteiger partial charge in [0.1, 0.15) is 0 Å². The number of hydrogen-bond donors (Lipinski definition) is 3. The molecule has 0 fully saturated rings. The number of rotatable bonds is 6. The van der Waals surface area contributed by atoms with E-state index >= 15 is 0 Å². The van der Waals surface area contributed by atoms with E-state index in [1.54, 1.807) is 24.3 Å². The number of aliphatic carboxylic acids is 1. The summed E-state index contributed by atoms with van der Waals surface area (Å²) in [5, 5.41) is 11.5. The van der Waals surface area contributed by atoms with Crippen LogP contribution in [-0.2, 0) is 16.0 Å². The number of nitrogens with one attached hydrogen (secondary N) is 1. The Bertz CT molecular complexity index is 432. The Balaban J connectivity index is 2.77. The summed E-state index contributed by atoms with van der Waals surface area (Å²) in [5.74, 6) is -1.22. The number of para-hydroxylation sites is 1. The molecule has 1 rings (SSSR count). The van der Waals surface area contributed by atoms with Crippen molar-refractivity contribution < 1.29 is 14.7 Å². The zero-order valence-electron chi connectivity index (χ0n) is 10.3. The molecule has 18 heavy (non-hydrogen) atoms. The molecule has 4 N–H and O–H groups in total. The number of benzene rings is 1. The van der Waals surface area contributed by atoms with E-state index in [2.05, 4.69) is 5.32 Å². The van der Waals surface area contributed by atoms with Gasteiger partial charge in [-0.05, 0) is 18.1 Å². The van der Waals surface area contributed by atoms with Crippen LogP contribution in [0.3, 0.4) is 0 Å². The summed E-state index contributed by atoms with van der Waals surface area (Å²) in [6.45, 7) is 1.95. The van der Waals surface area contributed by atoms with Crippen LogP contribution in [0.1, 0.15) is 25.3 Å². The third kappa shape index (κ3) is 4.18. The lowest BCUT2D eigenvalue weighted by Crippen LogP contribution is -2.35. The summed E-state index contributed by atoms with van der Waals surface area (Å²) in [4.78, 5) is 22.5. The van der Waals surface area contributed by atoms with Crippen LogP contribution in [-0.4, -0.2) is 23.0 Å². The fraction of sp³-hybridized carbons (Fsp3) is 0.385. The Labute approximate surface area is 106 Å². The van der Waals surface area contributed by atoms with E-state index in [1.165, 1.54) is 0 Å². The van der Waals surface area contributed by atoms with Crippen LogP contribution < -0.4 is 11.1 Å². The van der Waals surface area contributed by atoms with Gasteiger partial charge in [0.05, 0.1) is 12.5 Å². The number of carboxylic acid groups (broad SMARTS) is 1. The monoisotopic (exact) mass is 250 g/mol. The topological polar surface area (TPSA) is 92.4 Å². The summed E-state index contributed by atoms with van der Waals surface area (Å²) in [7, 11) is 0. The van der Waals surface area contributed by atoms with Crippen molar-refractivity contribution in [2.45, 2.75) is 32.2 Å². The molecule has 0 aromatic heterocycles. The average molecular weight is 250 g/mol. The van der Waals surface area contributed by atoms with Gasteiger partial charge >= 0.3 is 5.97 Å². The molecule has 1 amide bonds. The van der Waals surface area contributed by atoms with Crippen LogP contribution >= 0.6 is 0 Å². The Kier molecular flexibility index (Phi) is 5.32. The van der Waals surface area contributed by atoms with Crippen molar-refractivity contribution in [1.29, 1.82) is 0 Å². The molecule has 0 aliphatic heterocycles. The average Bonchev–Trinajstić information content (AvgIpc) is 2.31. The van der Waals surface area contributed by atoms with Crippen molar-refractivity contribution in [3.63, 3.8) is 0 Å². The number of carbonyl (C=O) groups is 2. The Morgan fingerprint density at radius 1 is 1.39 bits per heavy atom. The second kappa shape index (κ2) is 6.76. The smallest absolute Gasteiger partial charge is 0.307 e. The van der Waals surface area contributed by atoms with E-state index in [0.717, 1.165) is 6.42 Å². The highest BCUT2D eigenvalue weighted by Crippen LogP contribution is 2.16. The van der Waals surface area contributed by atoms with Crippen LogP contribution in [0.25, 0.3) is 0 Å². The molecule has 0 heterocycles. The first kappa shape index (κ1) is 14.2. The van der Waals surface area contributed by atoms with Crippen LogP contribution in [0.4, 0.5) is 5.69 Å². The van der Waals surface area contributed by atoms with Gasteiger partial charge in [-0.2, -0.15) is 0 Å². The number of carbonyl (C=O) groups excluding carboxylic acids is 1. The quantitative estimate of drug-likeness (QED) is 0.711. The van der Waals surface area contributed by atoms with E-state index in [9.17, 15) is 9.59 Å². The first-order valence-electron chi connectivity index (χ1n) is 5.90. The molecule has 0 aliphatic carbocycles. The lowest BCUT2D eigenvalue weighted by atomic mass is 10.1. The maximum absolute atomic E-state index is 11.8. The first-order chi connectivity index (χ1) is 8.54. The van der Waals surface area contributed by atoms with Gasteiger partial charge in [0.2, 0.25) is 5.91 Å². The molecule has 1 aromatic carbocycles. The highest BCUT2D eigenvalue weighted by Gasteiger charge is 2.14. The molecule has 1 atom stereocenters. The maximum atomic E-state index is 11.8. The van der Waals surface area contributed by atoms with Gasteiger partial charge < -0.3 is 16.2 Å². The molecule has 0 spiro atoms. The van der Waals surface area contributed by atoms with Crippen LogP contribution in [0.15, 0.2) is 24.3 Å². The van der Waals surface area contributed by atoms with Crippen LogP contribution in [0.2, 0.25) is 0 Å². The molecule has 0 radical (unpaired) electrons. The fourth-order valence-corrected chi connectivity index (χ4v) is 1.63. The van der Waals surface area contributed by atoms with E-state index in [0.29, 0.717) is 17.7 Å². The van der Waals surface area contributed by atoms with Crippen LogP contribution in [0.5, 0.6) is 0 Å². The second-order valence-electron chi connectivity index (χ2n) is 4.11. The summed E-state index contributed by atoms with van der Waals surface area (Å²) in [6.07, 6.45) is 1.30. The highest BCUT2D eigenvalue weighted by molar-refractivity contribution is 5.95. The first-order valence-corrected chi connectivity index (χ1v) is 5.90. The Morgan fingerprint density at radius 3 is 2.67 bits per heavy atom. The van der Waals surface area contributed by atoms with Gasteiger partial charge in [-0.1, -0.05) is 31.5 Å². The van der Waals surface area contributed by atoms with Gasteiger partial charge in [-0.15, -0.1) is 0 Å². The van der Waals surface area contributed by atoms with E-state index in [1.807, 2.05) is 6.92 Å². The summed E-state index contributed by atoms with van der Waals surface area (Å²) >= 11 is 0. The zero-order valence-corrected chi connectivity index (χ0v) is 10.3. The van der Waals surface area contributed by atoms with Gasteiger partial charge in [-0.3, -0.25) is 9.59 Å². The minimum Gasteiger partial charge on any atom is -0.481 e. The molecule has 5 heteroatoms. The molecule has 1 aromatic rings. The molecule has 0 saturated carbocycles. The summed E-state index contributed by atoms with van der Waals surface area (Å²) < 4.78 is 0. The van der Waals surface area contributed by atoms with E-state index in [4.69, 9.17) is 10.8 Å². The van der Waals surface area contributed by atoms with Crippen molar-refractivity contribution >= 4 is 17.6 Å². The SMILES string of the molecule is CCC[C@@H](N)C(=O)Nc1ccccc1CC(=O)O. The summed E-state index contributed by atoms with van der Waals surface area (Å²) in [5.41, 5.74) is 6.78. The molecule has 98 valence electrons. The molecule has 5 nitrogen and oxygen atoms in total. The standard InChI is InChI=1S/C13H18N2O3/c1-2-5-10(14)13(18)15-11-7-4-3-6-9(11)8-12(16)17/h3-4,6-7,10H,2,5,8,14H2,1H3,(H,15,18)(H,16,17)/t10-/m1/s1. The molecule has 0 aliphatic rings. The van der Waals surface area contributed by atoms with Gasteiger partial charge in [0, 0.05) is 5.69 Å². The third-order valence-corrected chi connectivity index (χ3v) is 2.55. The number of hydrogen-bond acceptors (Lipinski definition) is 3. The van der Waals surface area contributed by atoms with Gasteiger partial charge in [0.25, 0.3) is 0 Å². The van der Waals surface area contributed by atoms with E-state index < -0.39 is 12.0 Å². The largest absolute Gasteiger partial charge is 0.481 e. The third-order valence-electron chi connectivity index (χ3n) is 2.55. The van der Waals surface area contributed by atoms with Crippen LogP contribution in [0, 0.1) is 0 Å². The summed E-state index contributed by atoms with van der Waals surface area (Å²) in [6, 6.07) is 6.27.